The van der Waals surface area contributed by atoms with Crippen molar-refractivity contribution in [2.45, 2.75) is 31.4 Å². The molecule has 102 valence electrons. The highest BCUT2D eigenvalue weighted by Gasteiger charge is 2.43. The van der Waals surface area contributed by atoms with Crippen molar-refractivity contribution >= 4 is 17.1 Å². The van der Waals surface area contributed by atoms with E-state index in [1.54, 1.807) is 12.1 Å². The average Bonchev–Trinajstić information content (AvgIpc) is 2.35. The quantitative estimate of drug-likeness (QED) is 0.495. The summed E-state index contributed by atoms with van der Waals surface area (Å²) in [5.74, 6) is 0.467. The number of anilines is 2. The Morgan fingerprint density at radius 3 is 3.05 bits per heavy atom. The van der Waals surface area contributed by atoms with Crippen LogP contribution in [0.15, 0.2) is 18.2 Å². The zero-order valence-corrected chi connectivity index (χ0v) is 10.5. The van der Waals surface area contributed by atoms with E-state index in [0.717, 1.165) is 25.9 Å². The van der Waals surface area contributed by atoms with Crippen molar-refractivity contribution in [3.63, 3.8) is 0 Å². The van der Waals surface area contributed by atoms with E-state index in [0.29, 0.717) is 23.4 Å². The molecule has 0 radical (unpaired) electrons. The van der Waals surface area contributed by atoms with Crippen molar-refractivity contribution in [3.8, 4) is 0 Å². The van der Waals surface area contributed by atoms with Gasteiger partial charge in [0, 0.05) is 30.3 Å². The fourth-order valence-electron chi connectivity index (χ4n) is 2.99. The number of nitrogens with two attached hydrogens (primary N) is 1. The SMILES string of the molecule is Nc1ccc([N+](=O)[O-])c(NC2CC3OCCCC23)c1. The van der Waals surface area contributed by atoms with Crippen LogP contribution in [0.2, 0.25) is 0 Å². The van der Waals surface area contributed by atoms with Crippen LogP contribution >= 0.6 is 0 Å². The summed E-state index contributed by atoms with van der Waals surface area (Å²) in [7, 11) is 0. The molecule has 3 N–H and O–H groups in total. The summed E-state index contributed by atoms with van der Waals surface area (Å²) in [5.41, 5.74) is 6.83. The second-order valence-electron chi connectivity index (χ2n) is 5.24. The molecule has 0 amide bonds. The molecule has 1 aliphatic carbocycles. The third-order valence-electron chi connectivity index (χ3n) is 4.05. The molecule has 1 saturated carbocycles. The lowest BCUT2D eigenvalue weighted by molar-refractivity contribution is -0.384. The van der Waals surface area contributed by atoms with Gasteiger partial charge in [0.15, 0.2) is 0 Å². The largest absolute Gasteiger partial charge is 0.399 e. The fourth-order valence-corrected chi connectivity index (χ4v) is 2.99. The minimum Gasteiger partial charge on any atom is -0.399 e. The fraction of sp³-hybridized carbons (Fsp3) is 0.538. The molecule has 0 spiro atoms. The molecule has 1 aromatic rings. The first-order valence-corrected chi connectivity index (χ1v) is 6.57. The van der Waals surface area contributed by atoms with Crippen LogP contribution in [0.4, 0.5) is 17.1 Å². The summed E-state index contributed by atoms with van der Waals surface area (Å²) in [5, 5.41) is 14.3. The third kappa shape index (κ3) is 2.23. The van der Waals surface area contributed by atoms with Gasteiger partial charge in [0.1, 0.15) is 5.69 Å². The van der Waals surface area contributed by atoms with Gasteiger partial charge < -0.3 is 15.8 Å². The third-order valence-corrected chi connectivity index (χ3v) is 4.05. The lowest BCUT2D eigenvalue weighted by atomic mass is 9.72. The van der Waals surface area contributed by atoms with Crippen molar-refractivity contribution in [1.29, 1.82) is 0 Å². The molecular formula is C13H17N3O3. The van der Waals surface area contributed by atoms with Crippen LogP contribution in [-0.2, 0) is 4.74 Å². The summed E-state index contributed by atoms with van der Waals surface area (Å²) in [4.78, 5) is 10.6. The molecule has 6 nitrogen and oxygen atoms in total. The van der Waals surface area contributed by atoms with E-state index in [2.05, 4.69) is 5.32 Å². The standard InChI is InChI=1S/C13H17N3O3/c14-8-3-4-12(16(17)18)11(6-8)15-10-7-13-9(10)2-1-5-19-13/h3-4,6,9-10,13,15H,1-2,5,7,14H2. The van der Waals surface area contributed by atoms with Crippen molar-refractivity contribution in [2.24, 2.45) is 5.92 Å². The molecule has 2 aliphatic rings. The summed E-state index contributed by atoms with van der Waals surface area (Å²) >= 11 is 0. The number of hydrogen-bond donors (Lipinski definition) is 2. The van der Waals surface area contributed by atoms with E-state index in [9.17, 15) is 10.1 Å². The second kappa shape index (κ2) is 4.70. The monoisotopic (exact) mass is 263 g/mol. The number of nitrogens with zero attached hydrogens (tertiary/aromatic N) is 1. The summed E-state index contributed by atoms with van der Waals surface area (Å²) in [6.07, 6.45) is 3.43. The van der Waals surface area contributed by atoms with Crippen molar-refractivity contribution < 1.29 is 9.66 Å². The van der Waals surface area contributed by atoms with Crippen LogP contribution in [0.3, 0.4) is 0 Å². The molecule has 0 aromatic heterocycles. The van der Waals surface area contributed by atoms with Crippen LogP contribution in [0, 0.1) is 16.0 Å². The molecule has 2 fully saturated rings. The highest BCUT2D eigenvalue weighted by Crippen LogP contribution is 2.40. The number of nitro benzene ring substituents is 1. The Kier molecular flexibility index (Phi) is 3.02. The Labute approximate surface area is 111 Å². The van der Waals surface area contributed by atoms with Crippen LogP contribution in [0.25, 0.3) is 0 Å². The maximum absolute atomic E-state index is 11.0. The van der Waals surface area contributed by atoms with Gasteiger partial charge in [-0.25, -0.2) is 0 Å². The number of nitrogen functional groups attached to an aromatic ring is 1. The molecule has 0 bridgehead atoms. The van der Waals surface area contributed by atoms with Crippen molar-refractivity contribution in [3.05, 3.63) is 28.3 Å². The Bertz CT molecular complexity index is 506. The van der Waals surface area contributed by atoms with Crippen molar-refractivity contribution in [2.75, 3.05) is 17.7 Å². The first-order valence-electron chi connectivity index (χ1n) is 6.57. The van der Waals surface area contributed by atoms with Gasteiger partial charge in [-0.05, 0) is 31.4 Å². The van der Waals surface area contributed by atoms with Gasteiger partial charge in [-0.15, -0.1) is 0 Å². The lowest BCUT2D eigenvalue weighted by Gasteiger charge is -2.47. The minimum absolute atomic E-state index is 0.0781. The van der Waals surface area contributed by atoms with E-state index in [-0.39, 0.29) is 16.7 Å². The lowest BCUT2D eigenvalue weighted by Crippen LogP contribution is -2.53. The molecule has 3 atom stereocenters. The number of nitro groups is 1. The number of hydrogen-bond acceptors (Lipinski definition) is 5. The van der Waals surface area contributed by atoms with Crippen LogP contribution in [-0.4, -0.2) is 23.7 Å². The van der Waals surface area contributed by atoms with Crippen molar-refractivity contribution in [1.82, 2.24) is 0 Å². The van der Waals surface area contributed by atoms with Crippen LogP contribution in [0.5, 0.6) is 0 Å². The topological polar surface area (TPSA) is 90.4 Å². The van der Waals surface area contributed by atoms with Gasteiger partial charge in [0.2, 0.25) is 0 Å². The molecule has 3 unspecified atom stereocenters. The molecule has 3 rings (SSSR count). The normalized spacial score (nSPS) is 29.2. The van der Waals surface area contributed by atoms with Gasteiger partial charge in [0.05, 0.1) is 11.0 Å². The van der Waals surface area contributed by atoms with E-state index in [1.807, 2.05) is 0 Å². The average molecular weight is 263 g/mol. The van der Waals surface area contributed by atoms with Gasteiger partial charge in [-0.3, -0.25) is 10.1 Å². The predicted molar refractivity (Wildman–Crippen MR) is 72.0 cm³/mol. The van der Waals surface area contributed by atoms with Crippen LogP contribution in [0.1, 0.15) is 19.3 Å². The maximum atomic E-state index is 11.0. The summed E-state index contributed by atoms with van der Waals surface area (Å²) in [6.45, 7) is 0.840. The number of fused-ring (bicyclic) bond motifs is 1. The Balaban J connectivity index is 1.76. The predicted octanol–water partition coefficient (Wildman–Crippen LogP) is 2.16. The van der Waals surface area contributed by atoms with E-state index >= 15 is 0 Å². The number of nitrogens with one attached hydrogen (secondary N) is 1. The Morgan fingerprint density at radius 2 is 2.32 bits per heavy atom. The van der Waals surface area contributed by atoms with Gasteiger partial charge >= 0.3 is 0 Å². The highest BCUT2D eigenvalue weighted by molar-refractivity contribution is 5.67. The molecular weight excluding hydrogens is 246 g/mol. The van der Waals surface area contributed by atoms with E-state index < -0.39 is 0 Å². The van der Waals surface area contributed by atoms with E-state index in [4.69, 9.17) is 10.5 Å². The summed E-state index contributed by atoms with van der Waals surface area (Å²) < 4.78 is 5.65. The van der Waals surface area contributed by atoms with Gasteiger partial charge in [-0.2, -0.15) is 0 Å². The molecule has 1 saturated heterocycles. The Morgan fingerprint density at radius 1 is 1.47 bits per heavy atom. The van der Waals surface area contributed by atoms with Gasteiger partial charge in [0.25, 0.3) is 5.69 Å². The number of ether oxygens (including phenoxy) is 1. The van der Waals surface area contributed by atoms with Crippen LogP contribution < -0.4 is 11.1 Å². The molecule has 1 heterocycles. The number of benzene rings is 1. The highest BCUT2D eigenvalue weighted by atomic mass is 16.6. The first-order chi connectivity index (χ1) is 9.15. The molecule has 19 heavy (non-hydrogen) atoms. The zero-order valence-electron chi connectivity index (χ0n) is 10.5. The number of rotatable bonds is 3. The molecule has 1 aromatic carbocycles. The summed E-state index contributed by atoms with van der Waals surface area (Å²) in [6, 6.07) is 4.89. The molecule has 1 aliphatic heterocycles. The van der Waals surface area contributed by atoms with E-state index in [1.165, 1.54) is 6.07 Å². The smallest absolute Gasteiger partial charge is 0.292 e. The van der Waals surface area contributed by atoms with Gasteiger partial charge in [-0.1, -0.05) is 0 Å². The zero-order chi connectivity index (χ0) is 13.4. The minimum atomic E-state index is -0.380. The second-order valence-corrected chi connectivity index (χ2v) is 5.24. The Hall–Kier alpha value is -1.82. The first kappa shape index (κ1) is 12.2. The molecule has 6 heteroatoms. The maximum Gasteiger partial charge on any atom is 0.292 e.